The predicted octanol–water partition coefficient (Wildman–Crippen LogP) is 4.99. The third kappa shape index (κ3) is 2.79. The summed E-state index contributed by atoms with van der Waals surface area (Å²) in [5, 5.41) is 0. The molecule has 3 heteroatoms. The monoisotopic (exact) mass is 291 g/mol. The van der Waals surface area contributed by atoms with Gasteiger partial charge in [-0.15, -0.1) is 0 Å². The number of aromatic amines is 1. The van der Waals surface area contributed by atoms with E-state index in [9.17, 15) is 4.79 Å². The Bertz CT molecular complexity index is 786. The van der Waals surface area contributed by atoms with Gasteiger partial charge in [0.2, 0.25) is 0 Å². The SMILES string of the molecule is CC(=O)c1c(-c2ccc(Oc3ccccc3)cc2)c[nH]c1C. The Morgan fingerprint density at radius 2 is 1.59 bits per heavy atom. The summed E-state index contributed by atoms with van der Waals surface area (Å²) in [5.74, 6) is 1.64. The topological polar surface area (TPSA) is 42.1 Å². The highest BCUT2D eigenvalue weighted by molar-refractivity contribution is 6.02. The Balaban J connectivity index is 1.87. The van der Waals surface area contributed by atoms with E-state index in [2.05, 4.69) is 4.98 Å². The molecular formula is C19H17NO2. The van der Waals surface area contributed by atoms with Crippen LogP contribution in [0.1, 0.15) is 23.0 Å². The molecule has 0 saturated heterocycles. The Morgan fingerprint density at radius 1 is 0.955 bits per heavy atom. The van der Waals surface area contributed by atoms with E-state index >= 15 is 0 Å². The predicted molar refractivity (Wildman–Crippen MR) is 87.5 cm³/mol. The van der Waals surface area contributed by atoms with Gasteiger partial charge in [-0.2, -0.15) is 0 Å². The van der Waals surface area contributed by atoms with Crippen LogP contribution in [0.15, 0.2) is 60.8 Å². The first-order valence-corrected chi connectivity index (χ1v) is 7.17. The van der Waals surface area contributed by atoms with E-state index in [4.69, 9.17) is 4.74 Å². The molecule has 1 N–H and O–H groups in total. The third-order valence-electron chi connectivity index (χ3n) is 3.57. The first kappa shape index (κ1) is 14.1. The van der Waals surface area contributed by atoms with Gasteiger partial charge in [-0.3, -0.25) is 4.79 Å². The van der Waals surface area contributed by atoms with Gasteiger partial charge in [-0.1, -0.05) is 30.3 Å². The zero-order valence-corrected chi connectivity index (χ0v) is 12.6. The smallest absolute Gasteiger partial charge is 0.162 e. The van der Waals surface area contributed by atoms with Crippen molar-refractivity contribution in [2.24, 2.45) is 0 Å². The Labute approximate surface area is 129 Å². The Hall–Kier alpha value is -2.81. The minimum atomic E-state index is 0.0679. The number of ether oxygens (including phenoxy) is 1. The molecule has 0 fully saturated rings. The summed E-state index contributed by atoms with van der Waals surface area (Å²) >= 11 is 0. The molecule has 0 aliphatic rings. The molecule has 1 aromatic heterocycles. The summed E-state index contributed by atoms with van der Waals surface area (Å²) in [6.45, 7) is 3.50. The number of benzene rings is 2. The maximum absolute atomic E-state index is 11.8. The van der Waals surface area contributed by atoms with Gasteiger partial charge in [-0.25, -0.2) is 0 Å². The molecule has 22 heavy (non-hydrogen) atoms. The first-order valence-electron chi connectivity index (χ1n) is 7.17. The van der Waals surface area contributed by atoms with Crippen LogP contribution in [-0.4, -0.2) is 10.8 Å². The number of aryl methyl sites for hydroxylation is 1. The molecule has 3 aromatic rings. The number of aromatic nitrogens is 1. The summed E-state index contributed by atoms with van der Waals surface area (Å²) in [6.07, 6.45) is 1.87. The summed E-state index contributed by atoms with van der Waals surface area (Å²) in [4.78, 5) is 14.9. The second-order valence-electron chi connectivity index (χ2n) is 5.20. The van der Waals surface area contributed by atoms with Crippen molar-refractivity contribution in [1.29, 1.82) is 0 Å². The highest BCUT2D eigenvalue weighted by atomic mass is 16.5. The van der Waals surface area contributed by atoms with Crippen molar-refractivity contribution in [2.45, 2.75) is 13.8 Å². The van der Waals surface area contributed by atoms with Crippen LogP contribution in [0.3, 0.4) is 0 Å². The number of rotatable bonds is 4. The number of carbonyl (C=O) groups excluding carboxylic acids is 1. The number of nitrogens with one attached hydrogen (secondary N) is 1. The average Bonchev–Trinajstić information content (AvgIpc) is 2.91. The standard InChI is InChI=1S/C19H17NO2/c1-13-19(14(2)21)18(12-20-13)15-8-10-17(11-9-15)22-16-6-4-3-5-7-16/h3-12,20H,1-2H3. The maximum atomic E-state index is 11.8. The lowest BCUT2D eigenvalue weighted by atomic mass is 10.0. The van der Waals surface area contributed by atoms with E-state index in [1.165, 1.54) is 0 Å². The fourth-order valence-electron chi connectivity index (χ4n) is 2.54. The molecule has 0 atom stereocenters. The number of ketones is 1. The zero-order valence-electron chi connectivity index (χ0n) is 12.6. The quantitative estimate of drug-likeness (QED) is 0.688. The Kier molecular flexibility index (Phi) is 3.79. The highest BCUT2D eigenvalue weighted by Gasteiger charge is 2.14. The van der Waals surface area contributed by atoms with Gasteiger partial charge < -0.3 is 9.72 Å². The lowest BCUT2D eigenvalue weighted by Crippen LogP contribution is -1.95. The number of para-hydroxylation sites is 1. The summed E-state index contributed by atoms with van der Waals surface area (Å²) < 4.78 is 5.78. The largest absolute Gasteiger partial charge is 0.457 e. The zero-order chi connectivity index (χ0) is 15.5. The van der Waals surface area contributed by atoms with Crippen LogP contribution >= 0.6 is 0 Å². The van der Waals surface area contributed by atoms with Gasteiger partial charge in [0.15, 0.2) is 5.78 Å². The molecule has 0 spiro atoms. The van der Waals surface area contributed by atoms with Gasteiger partial charge in [0.25, 0.3) is 0 Å². The van der Waals surface area contributed by atoms with Crippen LogP contribution in [0.4, 0.5) is 0 Å². The number of carbonyl (C=O) groups is 1. The molecule has 3 nitrogen and oxygen atoms in total. The highest BCUT2D eigenvalue weighted by Crippen LogP contribution is 2.29. The summed E-state index contributed by atoms with van der Waals surface area (Å²) in [5.41, 5.74) is 3.56. The average molecular weight is 291 g/mol. The van der Waals surface area contributed by atoms with Crippen molar-refractivity contribution in [3.8, 4) is 22.6 Å². The molecule has 0 radical (unpaired) electrons. The minimum Gasteiger partial charge on any atom is -0.457 e. The molecular weight excluding hydrogens is 274 g/mol. The molecule has 1 heterocycles. The fraction of sp³-hybridized carbons (Fsp3) is 0.105. The fourth-order valence-corrected chi connectivity index (χ4v) is 2.54. The second-order valence-corrected chi connectivity index (χ2v) is 5.20. The van der Waals surface area contributed by atoms with E-state index in [1.54, 1.807) is 6.92 Å². The molecule has 0 aliphatic carbocycles. The van der Waals surface area contributed by atoms with Gasteiger partial charge in [0.05, 0.1) is 0 Å². The summed E-state index contributed by atoms with van der Waals surface area (Å²) in [6, 6.07) is 17.4. The lowest BCUT2D eigenvalue weighted by molar-refractivity contribution is 0.101. The van der Waals surface area contributed by atoms with Crippen LogP contribution in [0.2, 0.25) is 0 Å². The van der Waals surface area contributed by atoms with Crippen LogP contribution in [-0.2, 0) is 0 Å². The maximum Gasteiger partial charge on any atom is 0.162 e. The van der Waals surface area contributed by atoms with E-state index in [0.717, 1.165) is 33.9 Å². The van der Waals surface area contributed by atoms with Gasteiger partial charge >= 0.3 is 0 Å². The van der Waals surface area contributed by atoms with Gasteiger partial charge in [-0.05, 0) is 43.7 Å². The van der Waals surface area contributed by atoms with Crippen molar-refractivity contribution in [3.05, 3.63) is 72.1 Å². The normalized spacial score (nSPS) is 10.5. The first-order chi connectivity index (χ1) is 10.6. The van der Waals surface area contributed by atoms with Crippen LogP contribution in [0, 0.1) is 6.92 Å². The van der Waals surface area contributed by atoms with Crippen molar-refractivity contribution in [2.75, 3.05) is 0 Å². The number of Topliss-reactive ketones (excluding diaryl/α,β-unsaturated/α-hetero) is 1. The Morgan fingerprint density at radius 3 is 2.23 bits per heavy atom. The van der Waals surface area contributed by atoms with Crippen LogP contribution in [0.25, 0.3) is 11.1 Å². The van der Waals surface area contributed by atoms with E-state index in [1.807, 2.05) is 67.7 Å². The van der Waals surface area contributed by atoms with Crippen molar-refractivity contribution < 1.29 is 9.53 Å². The molecule has 0 unspecified atom stereocenters. The summed E-state index contributed by atoms with van der Waals surface area (Å²) in [7, 11) is 0. The van der Waals surface area contributed by atoms with Gasteiger partial charge in [0, 0.05) is 23.0 Å². The molecule has 2 aromatic carbocycles. The molecule has 0 bridgehead atoms. The number of hydrogen-bond donors (Lipinski definition) is 1. The molecule has 3 rings (SSSR count). The third-order valence-corrected chi connectivity index (χ3v) is 3.57. The minimum absolute atomic E-state index is 0.0679. The van der Waals surface area contributed by atoms with E-state index < -0.39 is 0 Å². The number of hydrogen-bond acceptors (Lipinski definition) is 2. The molecule has 0 aliphatic heterocycles. The lowest BCUT2D eigenvalue weighted by Gasteiger charge is -2.07. The second kappa shape index (κ2) is 5.90. The van der Waals surface area contributed by atoms with Crippen LogP contribution in [0.5, 0.6) is 11.5 Å². The number of H-pyrrole nitrogens is 1. The van der Waals surface area contributed by atoms with E-state index in [-0.39, 0.29) is 5.78 Å². The molecule has 0 amide bonds. The van der Waals surface area contributed by atoms with E-state index in [0.29, 0.717) is 0 Å². The van der Waals surface area contributed by atoms with Crippen molar-refractivity contribution in [1.82, 2.24) is 4.98 Å². The van der Waals surface area contributed by atoms with Crippen molar-refractivity contribution >= 4 is 5.78 Å². The molecule has 110 valence electrons. The van der Waals surface area contributed by atoms with Crippen molar-refractivity contribution in [3.63, 3.8) is 0 Å². The van der Waals surface area contributed by atoms with Gasteiger partial charge in [0.1, 0.15) is 11.5 Å². The molecule has 0 saturated carbocycles. The van der Waals surface area contributed by atoms with Crippen LogP contribution < -0.4 is 4.74 Å².